The Hall–Kier alpha value is -1.85. The van der Waals surface area contributed by atoms with Gasteiger partial charge in [-0.05, 0) is 51.1 Å². The van der Waals surface area contributed by atoms with Crippen LogP contribution in [-0.2, 0) is 11.3 Å². The third-order valence-corrected chi connectivity index (χ3v) is 4.46. The normalized spacial score (nSPS) is 17.9. The van der Waals surface area contributed by atoms with Crippen molar-refractivity contribution in [2.45, 2.75) is 32.9 Å². The van der Waals surface area contributed by atoms with E-state index in [1.54, 1.807) is 7.11 Å². The van der Waals surface area contributed by atoms with Crippen LogP contribution in [0, 0.1) is 13.8 Å². The average molecular weight is 316 g/mol. The molecule has 0 aliphatic carbocycles. The van der Waals surface area contributed by atoms with Gasteiger partial charge in [0.25, 0.3) is 0 Å². The van der Waals surface area contributed by atoms with E-state index in [-0.39, 0.29) is 0 Å². The minimum Gasteiger partial charge on any atom is -0.496 e. The van der Waals surface area contributed by atoms with E-state index in [1.807, 2.05) is 32.0 Å². The van der Waals surface area contributed by atoms with Crippen molar-refractivity contribution < 1.29 is 13.9 Å². The van der Waals surface area contributed by atoms with E-state index in [4.69, 9.17) is 18.9 Å². The number of rotatable bonds is 5. The molecule has 0 radical (unpaired) electrons. The number of ether oxygens (including phenoxy) is 2. The Morgan fingerprint density at radius 2 is 2.17 bits per heavy atom. The maximum absolute atomic E-state index is 5.88. The van der Waals surface area contributed by atoms with Crippen LogP contribution in [0.5, 0.6) is 5.75 Å². The fraction of sp³-hybridized carbons (Fsp3) is 0.500. The van der Waals surface area contributed by atoms with E-state index in [2.05, 4.69) is 11.9 Å². The Labute approximate surface area is 137 Å². The van der Waals surface area contributed by atoms with Gasteiger partial charge in [0, 0.05) is 24.8 Å². The molecule has 1 aliphatic heterocycles. The van der Waals surface area contributed by atoms with Crippen LogP contribution in [0.15, 0.2) is 22.6 Å². The Bertz CT molecular complexity index is 675. The fourth-order valence-corrected chi connectivity index (χ4v) is 2.94. The topological polar surface area (TPSA) is 47.7 Å². The van der Waals surface area contributed by atoms with Crippen LogP contribution < -0.4 is 4.74 Å². The van der Waals surface area contributed by atoms with Crippen molar-refractivity contribution in [1.29, 1.82) is 0 Å². The summed E-state index contributed by atoms with van der Waals surface area (Å²) in [7, 11) is 3.79. The fourth-order valence-electron chi connectivity index (χ4n) is 2.94. The first-order valence-electron chi connectivity index (χ1n) is 7.97. The van der Waals surface area contributed by atoms with Gasteiger partial charge >= 0.3 is 0 Å². The van der Waals surface area contributed by atoms with Gasteiger partial charge in [0.1, 0.15) is 11.5 Å². The summed E-state index contributed by atoms with van der Waals surface area (Å²) in [5.41, 5.74) is 3.04. The highest BCUT2D eigenvalue weighted by Gasteiger charge is 2.22. The summed E-state index contributed by atoms with van der Waals surface area (Å²) in [4.78, 5) is 6.99. The molecule has 5 heteroatoms. The Morgan fingerprint density at radius 3 is 2.83 bits per heavy atom. The number of hydrogen-bond donors (Lipinski definition) is 0. The van der Waals surface area contributed by atoms with Gasteiger partial charge in [0.15, 0.2) is 0 Å². The lowest BCUT2D eigenvalue weighted by atomic mass is 10.1. The summed E-state index contributed by atoms with van der Waals surface area (Å²) in [5, 5.41) is 0. The van der Waals surface area contributed by atoms with Gasteiger partial charge in [-0.15, -0.1) is 0 Å². The second-order valence-corrected chi connectivity index (χ2v) is 6.14. The number of aryl methyl sites for hydroxylation is 2. The van der Waals surface area contributed by atoms with E-state index in [9.17, 15) is 0 Å². The molecule has 124 valence electrons. The molecule has 0 amide bonds. The number of nitrogens with zero attached hydrogens (tertiary/aromatic N) is 2. The SMILES string of the molecule is COc1ccc(-c2nc(CN(C)C3CCOC3)c(C)o2)cc1C. The largest absolute Gasteiger partial charge is 0.496 e. The average Bonchev–Trinajstić information content (AvgIpc) is 3.18. The molecule has 2 heterocycles. The maximum Gasteiger partial charge on any atom is 0.226 e. The van der Waals surface area contributed by atoms with E-state index in [0.717, 1.165) is 54.5 Å². The monoisotopic (exact) mass is 316 g/mol. The van der Waals surface area contributed by atoms with Crippen LogP contribution in [0.1, 0.15) is 23.4 Å². The Kier molecular flexibility index (Phi) is 4.68. The third-order valence-electron chi connectivity index (χ3n) is 4.46. The van der Waals surface area contributed by atoms with Crippen LogP contribution in [0.3, 0.4) is 0 Å². The molecule has 1 fully saturated rings. The van der Waals surface area contributed by atoms with Gasteiger partial charge in [-0.25, -0.2) is 4.98 Å². The molecule has 0 spiro atoms. The molecule has 0 saturated carbocycles. The molecule has 3 rings (SSSR count). The van der Waals surface area contributed by atoms with Crippen LogP contribution in [0.25, 0.3) is 11.5 Å². The third kappa shape index (κ3) is 3.41. The zero-order valence-corrected chi connectivity index (χ0v) is 14.3. The molecular weight excluding hydrogens is 292 g/mol. The number of aromatic nitrogens is 1. The van der Waals surface area contributed by atoms with Crippen LogP contribution in [0.2, 0.25) is 0 Å². The summed E-state index contributed by atoms with van der Waals surface area (Å²) in [6.07, 6.45) is 1.08. The molecule has 1 aromatic heterocycles. The number of hydrogen-bond acceptors (Lipinski definition) is 5. The lowest BCUT2D eigenvalue weighted by molar-refractivity contribution is 0.155. The molecule has 1 atom stereocenters. The maximum atomic E-state index is 5.88. The van der Waals surface area contributed by atoms with E-state index in [1.165, 1.54) is 0 Å². The van der Waals surface area contributed by atoms with Gasteiger partial charge < -0.3 is 13.9 Å². The summed E-state index contributed by atoms with van der Waals surface area (Å²) >= 11 is 0. The number of oxazole rings is 1. The van der Waals surface area contributed by atoms with Crippen molar-refractivity contribution in [3.05, 3.63) is 35.2 Å². The van der Waals surface area contributed by atoms with Gasteiger partial charge in [-0.3, -0.25) is 4.90 Å². The van der Waals surface area contributed by atoms with Gasteiger partial charge in [-0.2, -0.15) is 0 Å². The van der Waals surface area contributed by atoms with E-state index in [0.29, 0.717) is 11.9 Å². The smallest absolute Gasteiger partial charge is 0.226 e. The summed E-state index contributed by atoms with van der Waals surface area (Å²) < 4.78 is 16.6. The standard InChI is InChI=1S/C18H24N2O3/c1-12-9-14(5-6-17(12)21-4)18-19-16(13(2)23-18)10-20(3)15-7-8-22-11-15/h5-6,9,15H,7-8,10-11H2,1-4H3. The van der Waals surface area contributed by atoms with Crippen molar-refractivity contribution in [2.24, 2.45) is 0 Å². The van der Waals surface area contributed by atoms with Crippen LogP contribution >= 0.6 is 0 Å². The van der Waals surface area contributed by atoms with Crippen molar-refractivity contribution in [3.63, 3.8) is 0 Å². The molecule has 23 heavy (non-hydrogen) atoms. The zero-order valence-electron chi connectivity index (χ0n) is 14.3. The highest BCUT2D eigenvalue weighted by Crippen LogP contribution is 2.27. The van der Waals surface area contributed by atoms with Gasteiger partial charge in [0.05, 0.1) is 19.4 Å². The number of methoxy groups -OCH3 is 1. The van der Waals surface area contributed by atoms with Crippen molar-refractivity contribution >= 4 is 0 Å². The lowest BCUT2D eigenvalue weighted by Crippen LogP contribution is -2.31. The van der Waals surface area contributed by atoms with Crippen LogP contribution in [-0.4, -0.2) is 43.3 Å². The van der Waals surface area contributed by atoms with Crippen molar-refractivity contribution in [1.82, 2.24) is 9.88 Å². The minimum absolute atomic E-state index is 0.470. The molecule has 5 nitrogen and oxygen atoms in total. The summed E-state index contributed by atoms with van der Waals surface area (Å²) in [5.74, 6) is 2.41. The second-order valence-electron chi connectivity index (χ2n) is 6.14. The predicted octanol–water partition coefficient (Wildman–Crippen LogP) is 3.19. The molecule has 1 aliphatic rings. The predicted molar refractivity (Wildman–Crippen MR) is 88.7 cm³/mol. The summed E-state index contributed by atoms with van der Waals surface area (Å²) in [6.45, 7) is 6.42. The minimum atomic E-state index is 0.470. The molecular formula is C18H24N2O3. The summed E-state index contributed by atoms with van der Waals surface area (Å²) in [6, 6.07) is 6.45. The molecule has 0 N–H and O–H groups in total. The Morgan fingerprint density at radius 1 is 1.35 bits per heavy atom. The first kappa shape index (κ1) is 16.0. The van der Waals surface area contributed by atoms with Gasteiger partial charge in [-0.1, -0.05) is 0 Å². The van der Waals surface area contributed by atoms with E-state index < -0.39 is 0 Å². The quantitative estimate of drug-likeness (QED) is 0.848. The molecule has 1 unspecified atom stereocenters. The molecule has 1 saturated heterocycles. The number of likely N-dealkylation sites (N-methyl/N-ethyl adjacent to an activating group) is 1. The number of benzene rings is 1. The Balaban J connectivity index is 1.78. The zero-order chi connectivity index (χ0) is 16.4. The van der Waals surface area contributed by atoms with Crippen molar-refractivity contribution in [3.8, 4) is 17.2 Å². The highest BCUT2D eigenvalue weighted by molar-refractivity contribution is 5.57. The highest BCUT2D eigenvalue weighted by atomic mass is 16.5. The molecule has 2 aromatic rings. The second kappa shape index (κ2) is 6.72. The first-order valence-corrected chi connectivity index (χ1v) is 7.97. The van der Waals surface area contributed by atoms with Crippen molar-refractivity contribution in [2.75, 3.05) is 27.4 Å². The van der Waals surface area contributed by atoms with Gasteiger partial charge in [0.2, 0.25) is 5.89 Å². The molecule has 0 bridgehead atoms. The lowest BCUT2D eigenvalue weighted by Gasteiger charge is -2.21. The molecule has 1 aromatic carbocycles. The van der Waals surface area contributed by atoms with E-state index >= 15 is 0 Å². The van der Waals surface area contributed by atoms with Crippen LogP contribution in [0.4, 0.5) is 0 Å². The first-order chi connectivity index (χ1) is 11.1.